The molecule has 1 aliphatic rings. The fraction of sp³-hybridized carbons (Fsp3) is 0.385. The first-order valence-corrected chi connectivity index (χ1v) is 7.12. The summed E-state index contributed by atoms with van der Waals surface area (Å²) in [7, 11) is 0. The van der Waals surface area contributed by atoms with E-state index >= 15 is 0 Å². The van der Waals surface area contributed by atoms with Crippen molar-refractivity contribution in [2.45, 2.75) is 18.9 Å². The Hall–Kier alpha value is -1.08. The molecule has 0 aliphatic carbocycles. The first-order valence-electron chi connectivity index (χ1n) is 6.30. The van der Waals surface area contributed by atoms with Crippen LogP contribution in [-0.2, 0) is 0 Å². The molecule has 1 unspecified atom stereocenters. The number of carbonyl (C=O) groups is 1. The van der Waals surface area contributed by atoms with E-state index in [1.165, 1.54) is 11.3 Å². The number of nitrogens with two attached hydrogens (primary N) is 1. The van der Waals surface area contributed by atoms with Crippen LogP contribution in [0.5, 0.6) is 0 Å². The van der Waals surface area contributed by atoms with Crippen molar-refractivity contribution in [3.8, 4) is 10.8 Å². The van der Waals surface area contributed by atoms with Gasteiger partial charge in [0.2, 0.25) is 0 Å². The highest BCUT2D eigenvalue weighted by molar-refractivity contribution is 7.16. The molecule has 3 heterocycles. The number of hydrogen-bond donors (Lipinski definition) is 1. The summed E-state index contributed by atoms with van der Waals surface area (Å²) in [6.45, 7) is 1.31. The minimum atomic E-state index is 0. The van der Waals surface area contributed by atoms with E-state index in [1.54, 1.807) is 12.5 Å². The van der Waals surface area contributed by atoms with Crippen molar-refractivity contribution < 1.29 is 9.21 Å². The molecule has 21 heavy (non-hydrogen) atoms. The summed E-state index contributed by atoms with van der Waals surface area (Å²) in [5.41, 5.74) is 5.70. The molecule has 1 saturated heterocycles. The maximum absolute atomic E-state index is 12.4. The Bertz CT molecular complexity index is 574. The van der Waals surface area contributed by atoms with Crippen LogP contribution in [0.15, 0.2) is 29.0 Å². The van der Waals surface area contributed by atoms with Crippen LogP contribution in [0.1, 0.15) is 22.5 Å². The molecule has 1 amide bonds. The van der Waals surface area contributed by atoms with Gasteiger partial charge in [-0.05, 0) is 25.0 Å². The van der Waals surface area contributed by atoms with Crippen LogP contribution in [0, 0.1) is 0 Å². The Morgan fingerprint density at radius 3 is 3.00 bits per heavy atom. The predicted octanol–water partition coefficient (Wildman–Crippen LogP) is 2.81. The summed E-state index contributed by atoms with van der Waals surface area (Å²) in [6.07, 6.45) is 5.24. The SMILES string of the molecule is Cl.Cl.NCC1CCCN1C(=O)c1cnc(-c2ccco2)s1. The van der Waals surface area contributed by atoms with Gasteiger partial charge in [0, 0.05) is 19.1 Å². The van der Waals surface area contributed by atoms with Gasteiger partial charge in [-0.1, -0.05) is 0 Å². The highest BCUT2D eigenvalue weighted by Gasteiger charge is 2.29. The number of rotatable bonds is 3. The molecule has 0 spiro atoms. The maximum atomic E-state index is 12.4. The van der Waals surface area contributed by atoms with E-state index < -0.39 is 0 Å². The second-order valence-corrected chi connectivity index (χ2v) is 5.57. The highest BCUT2D eigenvalue weighted by Crippen LogP contribution is 2.28. The van der Waals surface area contributed by atoms with Crippen molar-refractivity contribution in [3.05, 3.63) is 29.5 Å². The predicted molar refractivity (Wildman–Crippen MR) is 87.4 cm³/mol. The highest BCUT2D eigenvalue weighted by atomic mass is 35.5. The third-order valence-electron chi connectivity index (χ3n) is 3.36. The summed E-state index contributed by atoms with van der Waals surface area (Å²) in [4.78, 5) is 19.2. The first-order chi connectivity index (χ1) is 9.29. The van der Waals surface area contributed by atoms with Gasteiger partial charge in [-0.25, -0.2) is 4.98 Å². The number of thiazole rings is 1. The molecule has 3 rings (SSSR count). The van der Waals surface area contributed by atoms with Crippen LogP contribution in [0.4, 0.5) is 0 Å². The molecule has 0 radical (unpaired) electrons. The molecule has 116 valence electrons. The number of likely N-dealkylation sites (tertiary alicyclic amines) is 1. The van der Waals surface area contributed by atoms with Crippen molar-refractivity contribution in [2.75, 3.05) is 13.1 Å². The van der Waals surface area contributed by atoms with E-state index in [9.17, 15) is 4.79 Å². The molecule has 5 nitrogen and oxygen atoms in total. The van der Waals surface area contributed by atoms with Crippen molar-refractivity contribution >= 4 is 42.1 Å². The average molecular weight is 350 g/mol. The van der Waals surface area contributed by atoms with Crippen molar-refractivity contribution in [2.24, 2.45) is 5.73 Å². The molecule has 1 aliphatic heterocycles. The van der Waals surface area contributed by atoms with Gasteiger partial charge < -0.3 is 15.1 Å². The van der Waals surface area contributed by atoms with Gasteiger partial charge >= 0.3 is 0 Å². The monoisotopic (exact) mass is 349 g/mol. The zero-order chi connectivity index (χ0) is 13.2. The minimum absolute atomic E-state index is 0. The van der Waals surface area contributed by atoms with Gasteiger partial charge in [0.25, 0.3) is 5.91 Å². The van der Waals surface area contributed by atoms with Crippen LogP contribution < -0.4 is 5.73 Å². The molecule has 2 aromatic rings. The van der Waals surface area contributed by atoms with Crippen LogP contribution in [0.3, 0.4) is 0 Å². The molecule has 8 heteroatoms. The van der Waals surface area contributed by atoms with E-state index in [-0.39, 0.29) is 36.8 Å². The Morgan fingerprint density at radius 2 is 2.33 bits per heavy atom. The number of carbonyl (C=O) groups excluding carboxylic acids is 1. The Labute approximate surface area is 139 Å². The van der Waals surface area contributed by atoms with Crippen LogP contribution in [0.2, 0.25) is 0 Å². The topological polar surface area (TPSA) is 72.4 Å². The standard InChI is InChI=1S/C13H15N3O2S.2ClH/c14-7-9-3-1-5-16(9)13(17)11-8-15-12(19-11)10-4-2-6-18-10;;/h2,4,6,8-9H,1,3,5,7,14H2;2*1H. The third kappa shape index (κ3) is 3.58. The van der Waals surface area contributed by atoms with Gasteiger partial charge in [0.15, 0.2) is 10.8 Å². The summed E-state index contributed by atoms with van der Waals surface area (Å²) in [5, 5.41) is 0.733. The lowest BCUT2D eigenvalue weighted by molar-refractivity contribution is 0.0746. The van der Waals surface area contributed by atoms with E-state index in [0.29, 0.717) is 17.2 Å². The second kappa shape index (κ2) is 7.79. The quantitative estimate of drug-likeness (QED) is 0.924. The molecule has 2 N–H and O–H groups in total. The fourth-order valence-corrected chi connectivity index (χ4v) is 3.22. The fourth-order valence-electron chi connectivity index (χ4n) is 2.38. The van der Waals surface area contributed by atoms with E-state index in [4.69, 9.17) is 10.2 Å². The summed E-state index contributed by atoms with van der Waals surface area (Å²) in [5.74, 6) is 0.726. The summed E-state index contributed by atoms with van der Waals surface area (Å²) in [6, 6.07) is 3.82. The molecule has 2 aromatic heterocycles. The number of amides is 1. The second-order valence-electron chi connectivity index (χ2n) is 4.54. The lowest BCUT2D eigenvalue weighted by Gasteiger charge is -2.22. The average Bonchev–Trinajstić information content (AvgIpc) is 3.16. The molecular weight excluding hydrogens is 333 g/mol. The van der Waals surface area contributed by atoms with E-state index in [1.807, 2.05) is 17.0 Å². The minimum Gasteiger partial charge on any atom is -0.462 e. The Morgan fingerprint density at radius 1 is 1.52 bits per heavy atom. The lowest BCUT2D eigenvalue weighted by Crippen LogP contribution is -2.39. The summed E-state index contributed by atoms with van der Waals surface area (Å²) >= 11 is 1.36. The van der Waals surface area contributed by atoms with Gasteiger partial charge in [0.05, 0.1) is 12.5 Å². The van der Waals surface area contributed by atoms with Crippen molar-refractivity contribution in [1.29, 1.82) is 0 Å². The Kier molecular flexibility index (Phi) is 6.67. The van der Waals surface area contributed by atoms with Gasteiger partial charge in [0.1, 0.15) is 4.88 Å². The molecule has 1 atom stereocenters. The number of aromatic nitrogens is 1. The summed E-state index contributed by atoms with van der Waals surface area (Å²) < 4.78 is 5.28. The lowest BCUT2D eigenvalue weighted by atomic mass is 10.2. The molecule has 0 bridgehead atoms. The number of furan rings is 1. The van der Waals surface area contributed by atoms with E-state index in [0.717, 1.165) is 24.4 Å². The van der Waals surface area contributed by atoms with Crippen molar-refractivity contribution in [3.63, 3.8) is 0 Å². The number of nitrogens with zero attached hydrogens (tertiary/aromatic N) is 2. The zero-order valence-corrected chi connectivity index (χ0v) is 13.7. The van der Waals surface area contributed by atoms with Crippen molar-refractivity contribution in [1.82, 2.24) is 9.88 Å². The normalized spacial score (nSPS) is 17.2. The molecular formula is C13H17Cl2N3O2S. The molecule has 0 saturated carbocycles. The molecule has 0 aromatic carbocycles. The van der Waals surface area contributed by atoms with Crippen LogP contribution in [0.25, 0.3) is 10.8 Å². The largest absolute Gasteiger partial charge is 0.462 e. The third-order valence-corrected chi connectivity index (χ3v) is 4.36. The number of hydrogen-bond acceptors (Lipinski definition) is 5. The zero-order valence-electron chi connectivity index (χ0n) is 11.2. The maximum Gasteiger partial charge on any atom is 0.265 e. The van der Waals surface area contributed by atoms with Gasteiger partial charge in [-0.2, -0.15) is 0 Å². The Balaban J connectivity index is 0.00000110. The van der Waals surface area contributed by atoms with E-state index in [2.05, 4.69) is 4.98 Å². The van der Waals surface area contributed by atoms with Crippen LogP contribution >= 0.6 is 36.2 Å². The smallest absolute Gasteiger partial charge is 0.265 e. The first kappa shape index (κ1) is 18.0. The number of halogens is 2. The van der Waals surface area contributed by atoms with Gasteiger partial charge in [-0.3, -0.25) is 4.79 Å². The van der Waals surface area contributed by atoms with Gasteiger partial charge in [-0.15, -0.1) is 36.2 Å². The molecule has 1 fully saturated rings. The van der Waals surface area contributed by atoms with Crippen LogP contribution in [-0.4, -0.2) is 34.9 Å².